The topological polar surface area (TPSA) is 78.0 Å². The zero-order chi connectivity index (χ0) is 18.0. The number of aromatic nitrogens is 2. The van der Waals surface area contributed by atoms with E-state index in [0.29, 0.717) is 22.5 Å². The van der Waals surface area contributed by atoms with E-state index in [-0.39, 0.29) is 11.4 Å². The van der Waals surface area contributed by atoms with E-state index >= 15 is 0 Å². The third-order valence-corrected chi connectivity index (χ3v) is 4.31. The molecule has 130 valence electrons. The number of rotatable bonds is 5. The van der Waals surface area contributed by atoms with E-state index in [1.54, 1.807) is 48.5 Å². The van der Waals surface area contributed by atoms with Gasteiger partial charge in [0.1, 0.15) is 5.69 Å². The lowest BCUT2D eigenvalue weighted by atomic mass is 10.1. The Morgan fingerprint density at radius 2 is 1.68 bits per heavy atom. The van der Waals surface area contributed by atoms with Crippen molar-refractivity contribution in [3.05, 3.63) is 71.9 Å². The van der Waals surface area contributed by atoms with Crippen LogP contribution in [0.5, 0.6) is 0 Å². The maximum absolute atomic E-state index is 13.1. The molecule has 8 heteroatoms. The van der Waals surface area contributed by atoms with Gasteiger partial charge in [-0.25, -0.2) is 27.0 Å². The number of benzene rings is 2. The number of alkyl halides is 2. The van der Waals surface area contributed by atoms with Crippen LogP contribution in [0.1, 0.15) is 17.7 Å². The van der Waals surface area contributed by atoms with E-state index in [2.05, 4.69) is 5.10 Å². The first kappa shape index (κ1) is 17.2. The second-order valence-electron chi connectivity index (χ2n) is 5.51. The van der Waals surface area contributed by atoms with Gasteiger partial charge in [-0.2, -0.15) is 5.10 Å². The van der Waals surface area contributed by atoms with E-state index in [1.165, 1.54) is 10.7 Å². The van der Waals surface area contributed by atoms with Crippen molar-refractivity contribution in [2.45, 2.75) is 12.2 Å². The second kappa shape index (κ2) is 6.73. The highest BCUT2D eigenvalue weighted by Crippen LogP contribution is 2.28. The van der Waals surface area contributed by atoms with Gasteiger partial charge in [-0.3, -0.25) is 0 Å². The molecule has 0 aliphatic rings. The summed E-state index contributed by atoms with van der Waals surface area (Å²) in [5.41, 5.74) is 1.97. The smallest absolute Gasteiger partial charge is 0.233 e. The molecule has 0 saturated heterocycles. The van der Waals surface area contributed by atoms with Crippen molar-refractivity contribution < 1.29 is 17.2 Å². The summed E-state index contributed by atoms with van der Waals surface area (Å²) in [6.07, 6.45) is -2.69. The minimum atomic E-state index is -3.63. The number of halogens is 2. The first-order valence-electron chi connectivity index (χ1n) is 7.37. The predicted molar refractivity (Wildman–Crippen MR) is 90.8 cm³/mol. The Bertz CT molecular complexity index is 969. The minimum Gasteiger partial charge on any atom is -0.233 e. The van der Waals surface area contributed by atoms with Crippen LogP contribution in [0.25, 0.3) is 16.9 Å². The number of nitrogens with zero attached hydrogens (tertiary/aromatic N) is 2. The van der Waals surface area contributed by atoms with Crippen LogP contribution in [-0.4, -0.2) is 18.2 Å². The molecular formula is C17H15F2N3O2S. The van der Waals surface area contributed by atoms with Crippen LogP contribution < -0.4 is 5.14 Å². The molecule has 0 atom stereocenters. The van der Waals surface area contributed by atoms with E-state index in [9.17, 15) is 17.2 Å². The van der Waals surface area contributed by atoms with Crippen molar-refractivity contribution in [2.24, 2.45) is 5.14 Å². The zero-order valence-electron chi connectivity index (χ0n) is 13.0. The van der Waals surface area contributed by atoms with Gasteiger partial charge in [0.15, 0.2) is 0 Å². The number of nitrogens with two attached hydrogens (primary N) is 1. The molecule has 0 fully saturated rings. The summed E-state index contributed by atoms with van der Waals surface area (Å²) in [4.78, 5) is 0. The molecule has 0 aliphatic carbocycles. The molecule has 0 aliphatic heterocycles. The van der Waals surface area contributed by atoms with Gasteiger partial charge in [-0.15, -0.1) is 0 Å². The van der Waals surface area contributed by atoms with Crippen LogP contribution in [0.4, 0.5) is 8.78 Å². The minimum absolute atomic E-state index is 0.284. The number of para-hydroxylation sites is 1. The summed E-state index contributed by atoms with van der Waals surface area (Å²) in [7, 11) is -3.63. The van der Waals surface area contributed by atoms with Crippen molar-refractivity contribution in [1.82, 2.24) is 9.78 Å². The maximum Gasteiger partial charge on any atom is 0.282 e. The van der Waals surface area contributed by atoms with E-state index in [1.807, 2.05) is 6.07 Å². The van der Waals surface area contributed by atoms with Crippen LogP contribution in [0.3, 0.4) is 0 Å². The Labute approximate surface area is 143 Å². The van der Waals surface area contributed by atoms with Crippen molar-refractivity contribution in [1.29, 1.82) is 0 Å². The van der Waals surface area contributed by atoms with Crippen LogP contribution >= 0.6 is 0 Å². The van der Waals surface area contributed by atoms with Crippen LogP contribution in [0.2, 0.25) is 0 Å². The molecule has 0 saturated carbocycles. The normalized spacial score (nSPS) is 11.8. The highest BCUT2D eigenvalue weighted by atomic mass is 32.2. The van der Waals surface area contributed by atoms with E-state index in [4.69, 9.17) is 5.14 Å². The predicted octanol–water partition coefficient (Wildman–Crippen LogP) is 3.27. The first-order valence-corrected chi connectivity index (χ1v) is 9.08. The standard InChI is InChI=1S/C17H15F2N3O2S/c18-17(19)15-10-16(22(21-15)14-4-2-1-3-5-14)13-8-6-12(7-9-13)11-25(20,23)24/h1-10,17H,11H2,(H2,20,23,24). The van der Waals surface area contributed by atoms with Gasteiger partial charge in [0.05, 0.1) is 17.1 Å². The van der Waals surface area contributed by atoms with Gasteiger partial charge in [0, 0.05) is 5.56 Å². The summed E-state index contributed by atoms with van der Waals surface area (Å²) in [6.45, 7) is 0. The summed E-state index contributed by atoms with van der Waals surface area (Å²) in [5, 5.41) is 9.02. The average Bonchev–Trinajstić information content (AvgIpc) is 3.00. The monoisotopic (exact) mass is 363 g/mol. The van der Waals surface area contributed by atoms with Crippen LogP contribution in [0.15, 0.2) is 60.7 Å². The molecule has 1 heterocycles. The summed E-state index contributed by atoms with van der Waals surface area (Å²) in [5.74, 6) is -0.284. The van der Waals surface area contributed by atoms with E-state index < -0.39 is 16.4 Å². The molecule has 1 aromatic heterocycles. The summed E-state index contributed by atoms with van der Waals surface area (Å²) < 4.78 is 49.9. The third kappa shape index (κ3) is 4.09. The van der Waals surface area contributed by atoms with Gasteiger partial charge in [-0.05, 0) is 23.8 Å². The highest BCUT2D eigenvalue weighted by Gasteiger charge is 2.17. The number of sulfonamides is 1. The lowest BCUT2D eigenvalue weighted by Gasteiger charge is -2.08. The fraction of sp³-hybridized carbons (Fsp3) is 0.118. The Morgan fingerprint density at radius 1 is 1.04 bits per heavy atom. The van der Waals surface area contributed by atoms with Gasteiger partial charge in [0.25, 0.3) is 6.43 Å². The lowest BCUT2D eigenvalue weighted by molar-refractivity contribution is 0.145. The molecule has 0 radical (unpaired) electrons. The van der Waals surface area contributed by atoms with Crippen LogP contribution in [-0.2, 0) is 15.8 Å². The molecule has 25 heavy (non-hydrogen) atoms. The fourth-order valence-electron chi connectivity index (χ4n) is 2.48. The van der Waals surface area contributed by atoms with E-state index in [0.717, 1.165) is 0 Å². The zero-order valence-corrected chi connectivity index (χ0v) is 13.8. The SMILES string of the molecule is NS(=O)(=O)Cc1ccc(-c2cc(C(F)F)nn2-c2ccccc2)cc1. The quantitative estimate of drug-likeness (QED) is 0.756. The summed E-state index contributed by atoms with van der Waals surface area (Å²) >= 11 is 0. The van der Waals surface area contributed by atoms with Crippen molar-refractivity contribution in [3.63, 3.8) is 0 Å². The molecule has 2 N–H and O–H groups in total. The van der Waals surface area contributed by atoms with Crippen molar-refractivity contribution in [3.8, 4) is 16.9 Å². The Hall–Kier alpha value is -2.58. The molecule has 0 unspecified atom stereocenters. The highest BCUT2D eigenvalue weighted by molar-refractivity contribution is 7.88. The van der Waals surface area contributed by atoms with Gasteiger partial charge in [-0.1, -0.05) is 42.5 Å². The number of primary sulfonamides is 1. The Kier molecular flexibility index (Phi) is 4.65. The average molecular weight is 363 g/mol. The number of hydrogen-bond donors (Lipinski definition) is 1. The van der Waals surface area contributed by atoms with Gasteiger partial charge in [0.2, 0.25) is 10.0 Å². The Morgan fingerprint density at radius 3 is 2.24 bits per heavy atom. The van der Waals surface area contributed by atoms with Gasteiger partial charge >= 0.3 is 0 Å². The summed E-state index contributed by atoms with van der Waals surface area (Å²) in [6, 6.07) is 16.8. The molecule has 3 rings (SSSR count). The van der Waals surface area contributed by atoms with Crippen LogP contribution in [0, 0.1) is 0 Å². The second-order valence-corrected chi connectivity index (χ2v) is 7.12. The Balaban J connectivity index is 2.04. The molecule has 0 spiro atoms. The maximum atomic E-state index is 13.1. The molecular weight excluding hydrogens is 348 g/mol. The first-order chi connectivity index (χ1) is 11.8. The molecule has 0 bridgehead atoms. The molecule has 5 nitrogen and oxygen atoms in total. The van der Waals surface area contributed by atoms with Gasteiger partial charge < -0.3 is 0 Å². The lowest BCUT2D eigenvalue weighted by Crippen LogP contribution is -2.14. The van der Waals surface area contributed by atoms with Crippen molar-refractivity contribution in [2.75, 3.05) is 0 Å². The molecule has 0 amide bonds. The third-order valence-electron chi connectivity index (χ3n) is 3.57. The number of hydrogen-bond acceptors (Lipinski definition) is 3. The fourth-order valence-corrected chi connectivity index (χ4v) is 3.14. The largest absolute Gasteiger partial charge is 0.282 e. The molecule has 2 aromatic carbocycles. The molecule has 3 aromatic rings. The van der Waals surface area contributed by atoms with Crippen molar-refractivity contribution >= 4 is 10.0 Å².